The zero-order valence-corrected chi connectivity index (χ0v) is 13.0. The van der Waals surface area contributed by atoms with Gasteiger partial charge in [-0.05, 0) is 36.7 Å². The van der Waals surface area contributed by atoms with Crippen molar-refractivity contribution in [2.24, 2.45) is 0 Å². The van der Waals surface area contributed by atoms with Crippen LogP contribution >= 0.6 is 15.9 Å². The maximum absolute atomic E-state index is 11.9. The summed E-state index contributed by atoms with van der Waals surface area (Å²) in [6.45, 7) is 6.03. The van der Waals surface area contributed by atoms with Crippen molar-refractivity contribution in [3.63, 3.8) is 0 Å². The number of halogens is 1. The molecule has 0 radical (unpaired) electrons. The largest absolute Gasteiger partial charge is 0.346 e. The summed E-state index contributed by atoms with van der Waals surface area (Å²) < 4.78 is 0.590. The summed E-state index contributed by atoms with van der Waals surface area (Å²) in [6.07, 6.45) is 2.91. The van der Waals surface area contributed by atoms with Crippen molar-refractivity contribution in [2.75, 3.05) is 0 Å². The number of nitrogens with one attached hydrogen (secondary N) is 1. The van der Waals surface area contributed by atoms with E-state index in [4.69, 9.17) is 0 Å². The molecule has 0 aliphatic carbocycles. The van der Waals surface area contributed by atoms with Gasteiger partial charge in [-0.3, -0.25) is 4.79 Å². The Morgan fingerprint density at radius 2 is 1.80 bits per heavy atom. The van der Waals surface area contributed by atoms with Crippen molar-refractivity contribution in [1.29, 1.82) is 0 Å². The quantitative estimate of drug-likeness (QED) is 0.926. The fourth-order valence-electron chi connectivity index (χ4n) is 1.85. The Morgan fingerprint density at radius 3 is 2.35 bits per heavy atom. The van der Waals surface area contributed by atoms with Gasteiger partial charge in [-0.25, -0.2) is 19.9 Å². The van der Waals surface area contributed by atoms with E-state index in [2.05, 4.69) is 41.2 Å². The molecule has 0 saturated heterocycles. The standard InChI is InChI=1S/C13H14BrN5O/c1-7-10(8(2)19-9(3)18-7)4-17-13(20)11-5-16-12(14)6-15-11/h5-6H,4H2,1-3H3,(H,17,20). The number of carbonyl (C=O) groups excluding carboxylic acids is 1. The lowest BCUT2D eigenvalue weighted by molar-refractivity contribution is 0.0945. The van der Waals surface area contributed by atoms with Crippen LogP contribution in [0.15, 0.2) is 17.0 Å². The first-order chi connectivity index (χ1) is 9.47. The van der Waals surface area contributed by atoms with Crippen molar-refractivity contribution in [3.05, 3.63) is 45.5 Å². The minimum absolute atomic E-state index is 0.274. The fraction of sp³-hybridized carbons (Fsp3) is 0.308. The Bertz CT molecular complexity index is 619. The van der Waals surface area contributed by atoms with Gasteiger partial charge >= 0.3 is 0 Å². The Balaban J connectivity index is 2.09. The zero-order valence-electron chi connectivity index (χ0n) is 11.4. The van der Waals surface area contributed by atoms with E-state index in [9.17, 15) is 4.79 Å². The smallest absolute Gasteiger partial charge is 0.271 e. The van der Waals surface area contributed by atoms with Crippen LogP contribution in [-0.2, 0) is 6.54 Å². The summed E-state index contributed by atoms with van der Waals surface area (Å²) in [5.41, 5.74) is 2.94. The van der Waals surface area contributed by atoms with Gasteiger partial charge in [0.15, 0.2) is 0 Å². The van der Waals surface area contributed by atoms with Crippen LogP contribution in [0.1, 0.15) is 33.3 Å². The van der Waals surface area contributed by atoms with Gasteiger partial charge in [-0.1, -0.05) is 0 Å². The van der Waals surface area contributed by atoms with Crippen LogP contribution in [-0.4, -0.2) is 25.8 Å². The van der Waals surface area contributed by atoms with E-state index in [1.807, 2.05) is 20.8 Å². The van der Waals surface area contributed by atoms with Crippen molar-refractivity contribution >= 4 is 21.8 Å². The topological polar surface area (TPSA) is 80.7 Å². The highest BCUT2D eigenvalue weighted by atomic mass is 79.9. The average Bonchev–Trinajstić information content (AvgIpc) is 2.38. The number of aromatic nitrogens is 4. The third-order valence-electron chi connectivity index (χ3n) is 2.81. The molecule has 2 aromatic heterocycles. The SMILES string of the molecule is Cc1nc(C)c(CNC(=O)c2cnc(Br)cn2)c(C)n1. The first-order valence-electron chi connectivity index (χ1n) is 6.04. The number of rotatable bonds is 3. The molecule has 1 N–H and O–H groups in total. The second kappa shape index (κ2) is 6.04. The normalized spacial score (nSPS) is 10.4. The molecule has 0 aliphatic heterocycles. The van der Waals surface area contributed by atoms with Crippen molar-refractivity contribution in [1.82, 2.24) is 25.3 Å². The van der Waals surface area contributed by atoms with Gasteiger partial charge in [0, 0.05) is 23.5 Å². The van der Waals surface area contributed by atoms with Crippen LogP contribution in [0.2, 0.25) is 0 Å². The molecule has 2 heterocycles. The number of nitrogens with zero attached hydrogens (tertiary/aromatic N) is 4. The van der Waals surface area contributed by atoms with E-state index in [1.165, 1.54) is 12.4 Å². The molecule has 7 heteroatoms. The monoisotopic (exact) mass is 335 g/mol. The van der Waals surface area contributed by atoms with Crippen molar-refractivity contribution in [3.8, 4) is 0 Å². The summed E-state index contributed by atoms with van der Waals surface area (Å²) in [7, 11) is 0. The van der Waals surface area contributed by atoms with Gasteiger partial charge in [0.25, 0.3) is 5.91 Å². The summed E-state index contributed by atoms with van der Waals surface area (Å²) in [4.78, 5) is 28.5. The molecule has 0 spiro atoms. The van der Waals surface area contributed by atoms with Gasteiger partial charge in [0.2, 0.25) is 0 Å². The summed E-state index contributed by atoms with van der Waals surface area (Å²) >= 11 is 3.17. The second-order valence-corrected chi connectivity index (χ2v) is 5.14. The highest BCUT2D eigenvalue weighted by Gasteiger charge is 2.11. The predicted octanol–water partition coefficient (Wildman–Crippen LogP) is 1.88. The van der Waals surface area contributed by atoms with E-state index in [0.717, 1.165) is 22.8 Å². The maximum Gasteiger partial charge on any atom is 0.271 e. The molecule has 2 rings (SSSR count). The zero-order chi connectivity index (χ0) is 14.7. The van der Waals surface area contributed by atoms with E-state index in [0.29, 0.717) is 11.1 Å². The number of aryl methyl sites for hydroxylation is 3. The van der Waals surface area contributed by atoms with Gasteiger partial charge in [-0.2, -0.15) is 0 Å². The fourth-order valence-corrected chi connectivity index (χ4v) is 2.06. The molecule has 0 saturated carbocycles. The lowest BCUT2D eigenvalue weighted by Crippen LogP contribution is -2.25. The molecule has 2 aromatic rings. The third-order valence-corrected chi connectivity index (χ3v) is 3.22. The molecule has 104 valence electrons. The molecule has 0 atom stereocenters. The molecular weight excluding hydrogens is 322 g/mol. The van der Waals surface area contributed by atoms with E-state index in [-0.39, 0.29) is 11.6 Å². The van der Waals surface area contributed by atoms with Crippen LogP contribution in [0.4, 0.5) is 0 Å². The van der Waals surface area contributed by atoms with E-state index in [1.54, 1.807) is 0 Å². The van der Waals surface area contributed by atoms with E-state index >= 15 is 0 Å². The molecule has 0 aromatic carbocycles. The molecule has 20 heavy (non-hydrogen) atoms. The molecular formula is C13H14BrN5O. The number of hydrogen-bond donors (Lipinski definition) is 1. The third kappa shape index (κ3) is 3.36. The van der Waals surface area contributed by atoms with Gasteiger partial charge < -0.3 is 5.32 Å². The van der Waals surface area contributed by atoms with E-state index < -0.39 is 0 Å². The highest BCUT2D eigenvalue weighted by Crippen LogP contribution is 2.10. The summed E-state index contributed by atoms with van der Waals surface area (Å²) in [6, 6.07) is 0. The van der Waals surface area contributed by atoms with Crippen molar-refractivity contribution in [2.45, 2.75) is 27.3 Å². The van der Waals surface area contributed by atoms with Crippen LogP contribution in [0, 0.1) is 20.8 Å². The molecule has 0 fully saturated rings. The molecule has 6 nitrogen and oxygen atoms in total. The lowest BCUT2D eigenvalue weighted by Gasteiger charge is -2.10. The van der Waals surface area contributed by atoms with Gasteiger partial charge in [0.1, 0.15) is 16.1 Å². The number of amides is 1. The van der Waals surface area contributed by atoms with Gasteiger partial charge in [-0.15, -0.1) is 0 Å². The molecule has 0 unspecified atom stereocenters. The summed E-state index contributed by atoms with van der Waals surface area (Å²) in [5.74, 6) is 0.457. The Morgan fingerprint density at radius 1 is 1.15 bits per heavy atom. The first kappa shape index (κ1) is 14.5. The first-order valence-corrected chi connectivity index (χ1v) is 6.83. The minimum Gasteiger partial charge on any atom is -0.346 e. The molecule has 0 aliphatic rings. The molecule has 1 amide bonds. The minimum atomic E-state index is -0.274. The van der Waals surface area contributed by atoms with Crippen molar-refractivity contribution < 1.29 is 4.79 Å². The highest BCUT2D eigenvalue weighted by molar-refractivity contribution is 9.10. The lowest BCUT2D eigenvalue weighted by atomic mass is 10.1. The number of carbonyl (C=O) groups is 1. The summed E-state index contributed by atoms with van der Waals surface area (Å²) in [5, 5.41) is 2.80. The van der Waals surface area contributed by atoms with Crippen LogP contribution < -0.4 is 5.32 Å². The molecule has 0 bridgehead atoms. The Hall–Kier alpha value is -1.89. The van der Waals surface area contributed by atoms with Gasteiger partial charge in [0.05, 0.1) is 12.4 Å². The second-order valence-electron chi connectivity index (χ2n) is 4.33. The maximum atomic E-state index is 11.9. The Labute approximate surface area is 125 Å². The van der Waals surface area contributed by atoms with Crippen LogP contribution in [0.5, 0.6) is 0 Å². The van der Waals surface area contributed by atoms with Crippen LogP contribution in [0.3, 0.4) is 0 Å². The Kier molecular flexibility index (Phi) is 4.39. The van der Waals surface area contributed by atoms with Crippen LogP contribution in [0.25, 0.3) is 0 Å². The number of hydrogen-bond acceptors (Lipinski definition) is 5. The predicted molar refractivity (Wildman–Crippen MR) is 77.1 cm³/mol. The average molecular weight is 336 g/mol.